The van der Waals surface area contributed by atoms with E-state index in [4.69, 9.17) is 10.8 Å². The third-order valence-corrected chi connectivity index (χ3v) is 2.29. The first-order valence-corrected chi connectivity index (χ1v) is 3.96. The molecule has 0 aliphatic carbocycles. The van der Waals surface area contributed by atoms with Crippen LogP contribution >= 0.6 is 22.6 Å². The van der Waals surface area contributed by atoms with E-state index >= 15 is 0 Å². The van der Waals surface area contributed by atoms with Crippen LogP contribution in [0.2, 0.25) is 0 Å². The molecule has 1 aromatic carbocycles. The van der Waals surface area contributed by atoms with Crippen molar-refractivity contribution in [2.24, 2.45) is 0 Å². The Morgan fingerprint density at radius 2 is 2.20 bits per heavy atom. The molecule has 0 bridgehead atoms. The molecule has 0 amide bonds. The Morgan fingerprint density at radius 1 is 1.50 bits per heavy atom. The maximum Gasteiger partial charge on any atom is 0.0692 e. The first-order valence-electron chi connectivity index (χ1n) is 2.89. The van der Waals surface area contributed by atoms with Gasteiger partial charge in [-0.05, 0) is 46.4 Å². The SMILES string of the molecule is Nc1ccc(I)c(CO)c1. The van der Waals surface area contributed by atoms with Crippen molar-refractivity contribution in [3.8, 4) is 0 Å². The summed E-state index contributed by atoms with van der Waals surface area (Å²) >= 11 is 2.16. The molecule has 0 aromatic heterocycles. The second kappa shape index (κ2) is 3.21. The van der Waals surface area contributed by atoms with Crippen molar-refractivity contribution < 1.29 is 5.11 Å². The molecule has 0 saturated heterocycles. The fourth-order valence-electron chi connectivity index (χ4n) is 0.716. The molecular weight excluding hydrogens is 241 g/mol. The smallest absolute Gasteiger partial charge is 0.0692 e. The average molecular weight is 249 g/mol. The normalized spacial score (nSPS) is 9.80. The summed E-state index contributed by atoms with van der Waals surface area (Å²) in [6, 6.07) is 5.49. The second-order valence-corrected chi connectivity index (χ2v) is 3.17. The molecule has 0 spiro atoms. The first-order chi connectivity index (χ1) is 4.74. The van der Waals surface area contributed by atoms with E-state index in [9.17, 15) is 0 Å². The van der Waals surface area contributed by atoms with Gasteiger partial charge in [-0.1, -0.05) is 0 Å². The highest BCUT2D eigenvalue weighted by Gasteiger charge is 1.96. The maximum atomic E-state index is 8.78. The average Bonchev–Trinajstić information content (AvgIpc) is 1.94. The molecule has 2 nitrogen and oxygen atoms in total. The van der Waals surface area contributed by atoms with Crippen LogP contribution in [0.1, 0.15) is 5.56 Å². The van der Waals surface area contributed by atoms with Gasteiger partial charge in [0.15, 0.2) is 0 Å². The first kappa shape index (κ1) is 7.81. The van der Waals surface area contributed by atoms with Crippen LogP contribution in [0.4, 0.5) is 5.69 Å². The van der Waals surface area contributed by atoms with E-state index in [-0.39, 0.29) is 6.61 Å². The van der Waals surface area contributed by atoms with Gasteiger partial charge < -0.3 is 10.8 Å². The summed E-state index contributed by atoms with van der Waals surface area (Å²) in [5.74, 6) is 0. The lowest BCUT2D eigenvalue weighted by atomic mass is 10.2. The molecule has 0 radical (unpaired) electrons. The number of benzene rings is 1. The van der Waals surface area contributed by atoms with Crippen LogP contribution in [0.3, 0.4) is 0 Å². The summed E-state index contributed by atoms with van der Waals surface area (Å²) in [6.07, 6.45) is 0. The zero-order valence-corrected chi connectivity index (χ0v) is 7.50. The highest BCUT2D eigenvalue weighted by Crippen LogP contribution is 2.15. The molecule has 3 heteroatoms. The van der Waals surface area contributed by atoms with Crippen LogP contribution in [-0.4, -0.2) is 5.11 Å². The van der Waals surface area contributed by atoms with Gasteiger partial charge in [0, 0.05) is 9.26 Å². The lowest BCUT2D eigenvalue weighted by molar-refractivity contribution is 0.281. The number of hydrogen-bond donors (Lipinski definition) is 2. The van der Waals surface area contributed by atoms with Gasteiger partial charge in [0.05, 0.1) is 6.61 Å². The largest absolute Gasteiger partial charge is 0.399 e. The molecule has 0 unspecified atom stereocenters. The predicted molar refractivity (Wildman–Crippen MR) is 49.5 cm³/mol. The lowest BCUT2D eigenvalue weighted by Gasteiger charge is -2.00. The number of hydrogen-bond acceptors (Lipinski definition) is 2. The molecule has 1 rings (SSSR count). The Hall–Kier alpha value is -0.290. The Labute approximate surface area is 73.2 Å². The third-order valence-electron chi connectivity index (χ3n) is 1.24. The highest BCUT2D eigenvalue weighted by atomic mass is 127. The minimum absolute atomic E-state index is 0.0588. The maximum absolute atomic E-state index is 8.78. The molecule has 0 heterocycles. The van der Waals surface area contributed by atoms with E-state index < -0.39 is 0 Å². The minimum atomic E-state index is 0.0588. The standard InChI is InChI=1S/C7H8INO/c8-7-2-1-6(9)3-5(7)4-10/h1-3,10H,4,9H2. The number of halogens is 1. The topological polar surface area (TPSA) is 46.2 Å². The van der Waals surface area contributed by atoms with E-state index in [2.05, 4.69) is 22.6 Å². The van der Waals surface area contributed by atoms with E-state index in [1.807, 2.05) is 12.1 Å². The van der Waals surface area contributed by atoms with Gasteiger partial charge >= 0.3 is 0 Å². The number of nitrogen functional groups attached to an aromatic ring is 1. The predicted octanol–water partition coefficient (Wildman–Crippen LogP) is 1.37. The van der Waals surface area contributed by atoms with Crippen LogP contribution in [0.25, 0.3) is 0 Å². The number of anilines is 1. The van der Waals surface area contributed by atoms with Crippen molar-refractivity contribution in [1.82, 2.24) is 0 Å². The highest BCUT2D eigenvalue weighted by molar-refractivity contribution is 14.1. The Morgan fingerprint density at radius 3 is 2.70 bits per heavy atom. The molecule has 0 fully saturated rings. The quantitative estimate of drug-likeness (QED) is 0.583. The number of nitrogens with two attached hydrogens (primary N) is 1. The van der Waals surface area contributed by atoms with E-state index in [0.29, 0.717) is 5.69 Å². The van der Waals surface area contributed by atoms with Crippen LogP contribution in [0.15, 0.2) is 18.2 Å². The van der Waals surface area contributed by atoms with Gasteiger partial charge in [-0.25, -0.2) is 0 Å². The van der Waals surface area contributed by atoms with Crippen LogP contribution < -0.4 is 5.73 Å². The molecule has 0 saturated carbocycles. The number of rotatable bonds is 1. The van der Waals surface area contributed by atoms with Gasteiger partial charge in [0.25, 0.3) is 0 Å². The third kappa shape index (κ3) is 1.60. The van der Waals surface area contributed by atoms with Gasteiger partial charge in [0.2, 0.25) is 0 Å². The number of aliphatic hydroxyl groups is 1. The van der Waals surface area contributed by atoms with Gasteiger partial charge in [-0.15, -0.1) is 0 Å². The van der Waals surface area contributed by atoms with E-state index in [1.54, 1.807) is 6.07 Å². The number of aliphatic hydroxyl groups excluding tert-OH is 1. The minimum Gasteiger partial charge on any atom is -0.399 e. The summed E-state index contributed by atoms with van der Waals surface area (Å²) in [6.45, 7) is 0.0588. The summed E-state index contributed by atoms with van der Waals surface area (Å²) < 4.78 is 1.05. The Balaban J connectivity index is 3.09. The van der Waals surface area contributed by atoms with Crippen molar-refractivity contribution in [2.75, 3.05) is 5.73 Å². The molecule has 10 heavy (non-hydrogen) atoms. The molecule has 0 aliphatic rings. The fourth-order valence-corrected chi connectivity index (χ4v) is 1.22. The van der Waals surface area contributed by atoms with Crippen molar-refractivity contribution in [3.05, 3.63) is 27.3 Å². The Bertz CT molecular complexity index is 237. The molecule has 3 N–H and O–H groups in total. The molecule has 0 atom stereocenters. The van der Waals surface area contributed by atoms with Crippen molar-refractivity contribution >= 4 is 28.3 Å². The fraction of sp³-hybridized carbons (Fsp3) is 0.143. The van der Waals surface area contributed by atoms with Crippen LogP contribution in [-0.2, 0) is 6.61 Å². The van der Waals surface area contributed by atoms with Crippen molar-refractivity contribution in [1.29, 1.82) is 0 Å². The zero-order valence-electron chi connectivity index (χ0n) is 5.34. The van der Waals surface area contributed by atoms with Crippen molar-refractivity contribution in [2.45, 2.75) is 6.61 Å². The lowest BCUT2D eigenvalue weighted by Crippen LogP contribution is -1.91. The van der Waals surface area contributed by atoms with Crippen molar-refractivity contribution in [3.63, 3.8) is 0 Å². The zero-order chi connectivity index (χ0) is 7.56. The summed E-state index contributed by atoms with van der Waals surface area (Å²) in [5, 5.41) is 8.78. The van der Waals surface area contributed by atoms with Gasteiger partial charge in [0.1, 0.15) is 0 Å². The molecular formula is C7H8INO. The van der Waals surface area contributed by atoms with Crippen LogP contribution in [0.5, 0.6) is 0 Å². The summed E-state index contributed by atoms with van der Waals surface area (Å²) in [7, 11) is 0. The van der Waals surface area contributed by atoms with E-state index in [1.165, 1.54) is 0 Å². The molecule has 1 aromatic rings. The van der Waals surface area contributed by atoms with E-state index in [0.717, 1.165) is 9.13 Å². The van der Waals surface area contributed by atoms with Gasteiger partial charge in [-0.3, -0.25) is 0 Å². The van der Waals surface area contributed by atoms with Crippen LogP contribution in [0, 0.1) is 3.57 Å². The molecule has 54 valence electrons. The second-order valence-electron chi connectivity index (χ2n) is 2.01. The van der Waals surface area contributed by atoms with Gasteiger partial charge in [-0.2, -0.15) is 0 Å². The Kier molecular flexibility index (Phi) is 2.50. The summed E-state index contributed by atoms with van der Waals surface area (Å²) in [5.41, 5.74) is 7.08. The monoisotopic (exact) mass is 249 g/mol. The summed E-state index contributed by atoms with van der Waals surface area (Å²) in [4.78, 5) is 0. The molecule has 0 aliphatic heterocycles.